The van der Waals surface area contributed by atoms with Crippen LogP contribution in [-0.2, 0) is 0 Å². The Balaban J connectivity index is 2.73. The molecular weight excluding hydrogens is 214 g/mol. The van der Waals surface area contributed by atoms with Gasteiger partial charge in [-0.25, -0.2) is 0 Å². The molecule has 0 bridgehead atoms. The van der Waals surface area contributed by atoms with Crippen LogP contribution in [0.25, 0.3) is 0 Å². The molecule has 4 heteroatoms. The molecule has 1 aromatic rings. The number of amides is 1. The SMILES string of the molecule is CCCC(C)N(C)C(=O)c1ccoc1Cl. The predicted octanol–water partition coefficient (Wildman–Crippen LogP) is 3.19. The normalized spacial score (nSPS) is 12.5. The van der Waals surface area contributed by atoms with Crippen LogP contribution >= 0.6 is 11.6 Å². The Labute approximate surface area is 95.0 Å². The molecule has 0 saturated carbocycles. The second-order valence-electron chi connectivity index (χ2n) is 3.66. The molecule has 0 N–H and O–H groups in total. The first-order valence-electron chi connectivity index (χ1n) is 5.08. The number of nitrogens with zero attached hydrogens (tertiary/aromatic N) is 1. The maximum atomic E-state index is 11.9. The standard InChI is InChI=1S/C11H16ClNO2/c1-4-5-8(2)13(3)11(14)9-6-7-15-10(9)12/h6-8H,4-5H2,1-3H3. The maximum absolute atomic E-state index is 11.9. The van der Waals surface area contributed by atoms with E-state index in [1.165, 1.54) is 6.26 Å². The molecule has 0 radical (unpaired) electrons. The van der Waals surface area contributed by atoms with E-state index in [1.54, 1.807) is 18.0 Å². The van der Waals surface area contributed by atoms with Gasteiger partial charge in [-0.15, -0.1) is 0 Å². The highest BCUT2D eigenvalue weighted by Gasteiger charge is 2.20. The zero-order chi connectivity index (χ0) is 11.4. The van der Waals surface area contributed by atoms with E-state index in [9.17, 15) is 4.79 Å². The lowest BCUT2D eigenvalue weighted by atomic mass is 10.1. The molecule has 15 heavy (non-hydrogen) atoms. The summed E-state index contributed by atoms with van der Waals surface area (Å²) in [6, 6.07) is 1.81. The van der Waals surface area contributed by atoms with E-state index in [0.29, 0.717) is 5.56 Å². The first kappa shape index (κ1) is 12.1. The number of furan rings is 1. The molecule has 0 fully saturated rings. The third-order valence-electron chi connectivity index (χ3n) is 2.54. The van der Waals surface area contributed by atoms with Gasteiger partial charge >= 0.3 is 0 Å². The van der Waals surface area contributed by atoms with Crippen molar-refractivity contribution in [1.82, 2.24) is 4.90 Å². The van der Waals surface area contributed by atoms with Crippen LogP contribution in [0.1, 0.15) is 37.0 Å². The molecule has 0 aliphatic rings. The summed E-state index contributed by atoms with van der Waals surface area (Å²) < 4.78 is 4.89. The van der Waals surface area contributed by atoms with Crippen LogP contribution in [0.2, 0.25) is 5.22 Å². The molecule has 3 nitrogen and oxygen atoms in total. The number of rotatable bonds is 4. The van der Waals surface area contributed by atoms with Gasteiger partial charge in [-0.2, -0.15) is 0 Å². The Morgan fingerprint density at radius 3 is 2.80 bits per heavy atom. The topological polar surface area (TPSA) is 33.5 Å². The van der Waals surface area contributed by atoms with Gasteiger partial charge in [-0.3, -0.25) is 4.79 Å². The molecule has 0 aromatic carbocycles. The molecule has 1 unspecified atom stereocenters. The Kier molecular flexibility index (Phi) is 4.21. The molecule has 1 rings (SSSR count). The largest absolute Gasteiger partial charge is 0.452 e. The van der Waals surface area contributed by atoms with Crippen molar-refractivity contribution in [3.8, 4) is 0 Å². The summed E-state index contributed by atoms with van der Waals surface area (Å²) in [5.41, 5.74) is 0.433. The van der Waals surface area contributed by atoms with Gasteiger partial charge < -0.3 is 9.32 Å². The summed E-state index contributed by atoms with van der Waals surface area (Å²) in [5.74, 6) is -0.0882. The van der Waals surface area contributed by atoms with E-state index in [-0.39, 0.29) is 17.2 Å². The second-order valence-corrected chi connectivity index (χ2v) is 4.01. The lowest BCUT2D eigenvalue weighted by Gasteiger charge is -2.24. The quantitative estimate of drug-likeness (QED) is 0.795. The lowest BCUT2D eigenvalue weighted by molar-refractivity contribution is 0.0736. The van der Waals surface area contributed by atoms with Crippen molar-refractivity contribution in [2.24, 2.45) is 0 Å². The zero-order valence-electron chi connectivity index (χ0n) is 9.29. The van der Waals surface area contributed by atoms with E-state index in [4.69, 9.17) is 16.0 Å². The smallest absolute Gasteiger partial charge is 0.258 e. The Morgan fingerprint density at radius 2 is 2.33 bits per heavy atom. The van der Waals surface area contributed by atoms with Crippen LogP contribution in [0, 0.1) is 0 Å². The molecule has 0 saturated heterocycles. The van der Waals surface area contributed by atoms with Gasteiger partial charge in [0.25, 0.3) is 5.91 Å². The molecular formula is C11H16ClNO2. The van der Waals surface area contributed by atoms with Crippen molar-refractivity contribution in [3.05, 3.63) is 23.1 Å². The van der Waals surface area contributed by atoms with Crippen molar-refractivity contribution < 1.29 is 9.21 Å². The molecule has 1 aromatic heterocycles. The highest BCUT2D eigenvalue weighted by atomic mass is 35.5. The Hall–Kier alpha value is -0.960. The monoisotopic (exact) mass is 229 g/mol. The van der Waals surface area contributed by atoms with E-state index < -0.39 is 0 Å². The molecule has 84 valence electrons. The van der Waals surface area contributed by atoms with E-state index in [0.717, 1.165) is 12.8 Å². The van der Waals surface area contributed by atoms with Crippen LogP contribution in [0.15, 0.2) is 16.7 Å². The van der Waals surface area contributed by atoms with Crippen molar-refractivity contribution in [1.29, 1.82) is 0 Å². The first-order chi connectivity index (χ1) is 7.07. The van der Waals surface area contributed by atoms with E-state index in [1.807, 2.05) is 6.92 Å². The highest BCUT2D eigenvalue weighted by molar-refractivity contribution is 6.32. The molecule has 0 aliphatic heterocycles. The second kappa shape index (κ2) is 5.21. The Morgan fingerprint density at radius 1 is 1.67 bits per heavy atom. The molecule has 1 atom stereocenters. The van der Waals surface area contributed by atoms with Crippen LogP contribution in [-0.4, -0.2) is 23.9 Å². The van der Waals surface area contributed by atoms with Gasteiger partial charge in [0.05, 0.1) is 11.8 Å². The van der Waals surface area contributed by atoms with E-state index >= 15 is 0 Å². The lowest BCUT2D eigenvalue weighted by Crippen LogP contribution is -2.34. The number of carbonyl (C=O) groups excluding carboxylic acids is 1. The summed E-state index contributed by atoms with van der Waals surface area (Å²) >= 11 is 5.75. The highest BCUT2D eigenvalue weighted by Crippen LogP contribution is 2.19. The fourth-order valence-corrected chi connectivity index (χ4v) is 1.64. The number of halogens is 1. The summed E-state index contributed by atoms with van der Waals surface area (Å²) in [6.45, 7) is 4.12. The van der Waals surface area contributed by atoms with Crippen LogP contribution in [0.5, 0.6) is 0 Å². The predicted molar refractivity (Wildman–Crippen MR) is 60.2 cm³/mol. The molecule has 1 heterocycles. The summed E-state index contributed by atoms with van der Waals surface area (Å²) in [6.07, 6.45) is 3.46. The van der Waals surface area contributed by atoms with Crippen LogP contribution in [0.4, 0.5) is 0 Å². The van der Waals surface area contributed by atoms with Gasteiger partial charge in [-0.05, 0) is 31.0 Å². The summed E-state index contributed by atoms with van der Waals surface area (Å²) in [7, 11) is 1.78. The third kappa shape index (κ3) is 2.75. The molecule has 0 aliphatic carbocycles. The molecule has 0 spiro atoms. The Bertz CT molecular complexity index is 335. The number of hydrogen-bond donors (Lipinski definition) is 0. The zero-order valence-corrected chi connectivity index (χ0v) is 10.0. The fourth-order valence-electron chi connectivity index (χ4n) is 1.45. The number of hydrogen-bond acceptors (Lipinski definition) is 2. The minimum Gasteiger partial charge on any atom is -0.452 e. The average Bonchev–Trinajstić information content (AvgIpc) is 2.62. The van der Waals surface area contributed by atoms with Gasteiger partial charge in [0.2, 0.25) is 5.22 Å². The average molecular weight is 230 g/mol. The van der Waals surface area contributed by atoms with Gasteiger partial charge in [0, 0.05) is 13.1 Å². The third-order valence-corrected chi connectivity index (χ3v) is 2.83. The minimum absolute atomic E-state index is 0.0882. The van der Waals surface area contributed by atoms with Crippen molar-refractivity contribution >= 4 is 17.5 Å². The maximum Gasteiger partial charge on any atom is 0.258 e. The van der Waals surface area contributed by atoms with Gasteiger partial charge in [0.15, 0.2) is 0 Å². The van der Waals surface area contributed by atoms with Crippen LogP contribution < -0.4 is 0 Å². The van der Waals surface area contributed by atoms with Crippen molar-refractivity contribution in [2.75, 3.05) is 7.05 Å². The van der Waals surface area contributed by atoms with E-state index in [2.05, 4.69) is 6.92 Å². The van der Waals surface area contributed by atoms with Gasteiger partial charge in [-0.1, -0.05) is 13.3 Å². The first-order valence-corrected chi connectivity index (χ1v) is 5.45. The number of carbonyl (C=O) groups is 1. The van der Waals surface area contributed by atoms with Crippen LogP contribution in [0.3, 0.4) is 0 Å². The summed E-state index contributed by atoms with van der Waals surface area (Å²) in [5, 5.41) is 0.163. The summed E-state index contributed by atoms with van der Waals surface area (Å²) in [4.78, 5) is 13.6. The fraction of sp³-hybridized carbons (Fsp3) is 0.545. The van der Waals surface area contributed by atoms with Crippen molar-refractivity contribution in [3.63, 3.8) is 0 Å². The minimum atomic E-state index is -0.0882. The molecule has 1 amide bonds. The van der Waals surface area contributed by atoms with Crippen molar-refractivity contribution in [2.45, 2.75) is 32.7 Å². The van der Waals surface area contributed by atoms with Gasteiger partial charge in [0.1, 0.15) is 0 Å².